The number of carbonyl (C=O) groups excluding carboxylic acids is 1. The second-order valence-corrected chi connectivity index (χ2v) is 4.56. The molecule has 116 valence electrons. The van der Waals surface area contributed by atoms with Gasteiger partial charge in [0.2, 0.25) is 5.91 Å². The van der Waals surface area contributed by atoms with E-state index in [0.717, 1.165) is 17.2 Å². The number of nitrogens with one attached hydrogen (secondary N) is 2. The van der Waals surface area contributed by atoms with Gasteiger partial charge in [-0.3, -0.25) is 4.79 Å². The standard InChI is InChI=1S/C16H19N3O3/c1-12(20)19-16-8-3-13(11-18-16)17-9-10-22-15-6-4-14(21-2)5-7-15/h3-8,11,17H,9-10H2,1-2H3,(H,18,19,20). The molecule has 0 radical (unpaired) electrons. The summed E-state index contributed by atoms with van der Waals surface area (Å²) in [6.07, 6.45) is 1.67. The molecule has 0 bridgehead atoms. The molecule has 0 saturated carbocycles. The molecule has 0 aliphatic heterocycles. The van der Waals surface area contributed by atoms with Crippen LogP contribution >= 0.6 is 0 Å². The van der Waals surface area contributed by atoms with Gasteiger partial charge in [-0.05, 0) is 36.4 Å². The van der Waals surface area contributed by atoms with Crippen LogP contribution in [0.2, 0.25) is 0 Å². The minimum atomic E-state index is -0.138. The molecule has 1 aromatic heterocycles. The van der Waals surface area contributed by atoms with E-state index >= 15 is 0 Å². The molecular weight excluding hydrogens is 282 g/mol. The lowest BCUT2D eigenvalue weighted by Gasteiger charge is -2.09. The zero-order valence-corrected chi connectivity index (χ0v) is 12.6. The summed E-state index contributed by atoms with van der Waals surface area (Å²) in [5.41, 5.74) is 0.868. The van der Waals surface area contributed by atoms with Gasteiger partial charge in [0.15, 0.2) is 0 Å². The van der Waals surface area contributed by atoms with Crippen LogP contribution in [0, 0.1) is 0 Å². The maximum Gasteiger partial charge on any atom is 0.222 e. The van der Waals surface area contributed by atoms with Crippen molar-refractivity contribution in [3.63, 3.8) is 0 Å². The van der Waals surface area contributed by atoms with Crippen molar-refractivity contribution in [3.05, 3.63) is 42.6 Å². The van der Waals surface area contributed by atoms with Gasteiger partial charge in [-0.2, -0.15) is 0 Å². The fraction of sp³-hybridized carbons (Fsp3) is 0.250. The van der Waals surface area contributed by atoms with E-state index < -0.39 is 0 Å². The van der Waals surface area contributed by atoms with Crippen LogP contribution in [-0.4, -0.2) is 31.2 Å². The highest BCUT2D eigenvalue weighted by atomic mass is 16.5. The molecule has 0 fully saturated rings. The number of methoxy groups -OCH3 is 1. The van der Waals surface area contributed by atoms with Crippen molar-refractivity contribution in [2.45, 2.75) is 6.92 Å². The Kier molecular flexibility index (Phi) is 5.59. The van der Waals surface area contributed by atoms with Crippen LogP contribution in [0.5, 0.6) is 11.5 Å². The summed E-state index contributed by atoms with van der Waals surface area (Å²) in [7, 11) is 1.63. The maximum absolute atomic E-state index is 10.9. The van der Waals surface area contributed by atoms with E-state index in [2.05, 4.69) is 15.6 Å². The number of hydrogen-bond donors (Lipinski definition) is 2. The van der Waals surface area contributed by atoms with Gasteiger partial charge < -0.3 is 20.1 Å². The molecule has 0 spiro atoms. The summed E-state index contributed by atoms with van der Waals surface area (Å²) in [5.74, 6) is 1.99. The average molecular weight is 301 g/mol. The van der Waals surface area contributed by atoms with Crippen molar-refractivity contribution in [2.24, 2.45) is 0 Å². The first kappa shape index (κ1) is 15.6. The van der Waals surface area contributed by atoms with E-state index in [9.17, 15) is 4.79 Å². The van der Waals surface area contributed by atoms with Gasteiger partial charge in [-0.25, -0.2) is 4.98 Å². The van der Waals surface area contributed by atoms with Crippen LogP contribution in [0.3, 0.4) is 0 Å². The summed E-state index contributed by atoms with van der Waals surface area (Å²) in [5, 5.41) is 5.81. The third kappa shape index (κ3) is 4.97. The van der Waals surface area contributed by atoms with Crippen molar-refractivity contribution >= 4 is 17.4 Å². The van der Waals surface area contributed by atoms with Crippen molar-refractivity contribution in [2.75, 3.05) is 30.9 Å². The highest BCUT2D eigenvalue weighted by Crippen LogP contribution is 2.16. The van der Waals surface area contributed by atoms with E-state index in [0.29, 0.717) is 19.0 Å². The van der Waals surface area contributed by atoms with Crippen LogP contribution in [0.25, 0.3) is 0 Å². The monoisotopic (exact) mass is 301 g/mol. The van der Waals surface area contributed by atoms with Gasteiger partial charge in [-0.15, -0.1) is 0 Å². The van der Waals surface area contributed by atoms with Crippen molar-refractivity contribution in [3.8, 4) is 11.5 Å². The molecule has 22 heavy (non-hydrogen) atoms. The number of anilines is 2. The smallest absolute Gasteiger partial charge is 0.222 e. The molecule has 0 atom stereocenters. The first-order valence-corrected chi connectivity index (χ1v) is 6.92. The van der Waals surface area contributed by atoms with Crippen LogP contribution in [0.4, 0.5) is 11.5 Å². The first-order chi connectivity index (χ1) is 10.7. The molecule has 6 nitrogen and oxygen atoms in total. The lowest BCUT2D eigenvalue weighted by atomic mass is 10.3. The summed E-state index contributed by atoms with van der Waals surface area (Å²) in [6, 6.07) is 11.0. The fourth-order valence-corrected chi connectivity index (χ4v) is 1.79. The van der Waals surface area contributed by atoms with Crippen molar-refractivity contribution in [1.29, 1.82) is 0 Å². The van der Waals surface area contributed by atoms with E-state index in [1.54, 1.807) is 19.4 Å². The highest BCUT2D eigenvalue weighted by molar-refractivity contribution is 5.87. The molecule has 0 saturated heterocycles. The zero-order chi connectivity index (χ0) is 15.8. The second kappa shape index (κ2) is 7.87. The fourth-order valence-electron chi connectivity index (χ4n) is 1.79. The van der Waals surface area contributed by atoms with Crippen LogP contribution in [-0.2, 0) is 4.79 Å². The minimum Gasteiger partial charge on any atom is -0.497 e. The summed E-state index contributed by atoms with van der Waals surface area (Å²) < 4.78 is 10.7. The SMILES string of the molecule is COc1ccc(OCCNc2ccc(NC(C)=O)nc2)cc1. The predicted molar refractivity (Wildman–Crippen MR) is 85.5 cm³/mol. The Labute approximate surface area is 129 Å². The van der Waals surface area contributed by atoms with Gasteiger partial charge in [0.1, 0.15) is 23.9 Å². The molecule has 0 unspecified atom stereocenters. The van der Waals surface area contributed by atoms with Crippen LogP contribution in [0.15, 0.2) is 42.6 Å². The summed E-state index contributed by atoms with van der Waals surface area (Å²) in [6.45, 7) is 2.62. The molecule has 1 aromatic carbocycles. The van der Waals surface area contributed by atoms with E-state index in [4.69, 9.17) is 9.47 Å². The number of hydrogen-bond acceptors (Lipinski definition) is 5. The van der Waals surface area contributed by atoms with E-state index in [1.807, 2.05) is 30.3 Å². The van der Waals surface area contributed by atoms with Crippen molar-refractivity contribution in [1.82, 2.24) is 4.98 Å². The molecular formula is C16H19N3O3. The Morgan fingerprint density at radius 1 is 1.14 bits per heavy atom. The Balaban J connectivity index is 1.72. The lowest BCUT2D eigenvalue weighted by molar-refractivity contribution is -0.114. The first-order valence-electron chi connectivity index (χ1n) is 6.92. The third-order valence-electron chi connectivity index (χ3n) is 2.83. The number of ether oxygens (including phenoxy) is 2. The van der Waals surface area contributed by atoms with Gasteiger partial charge in [0.25, 0.3) is 0 Å². The highest BCUT2D eigenvalue weighted by Gasteiger charge is 1.98. The molecule has 1 amide bonds. The summed E-state index contributed by atoms with van der Waals surface area (Å²) in [4.78, 5) is 15.0. The molecule has 0 aliphatic carbocycles. The van der Waals surface area contributed by atoms with E-state index in [1.165, 1.54) is 6.92 Å². The molecule has 1 heterocycles. The van der Waals surface area contributed by atoms with Gasteiger partial charge >= 0.3 is 0 Å². The van der Waals surface area contributed by atoms with Crippen molar-refractivity contribution < 1.29 is 14.3 Å². The normalized spacial score (nSPS) is 9.91. The molecule has 2 N–H and O–H groups in total. The van der Waals surface area contributed by atoms with Gasteiger partial charge in [0.05, 0.1) is 19.0 Å². The predicted octanol–water partition coefficient (Wildman–Crippen LogP) is 2.54. The quantitative estimate of drug-likeness (QED) is 0.769. The van der Waals surface area contributed by atoms with Gasteiger partial charge in [-0.1, -0.05) is 0 Å². The molecule has 0 aliphatic rings. The Bertz CT molecular complexity index is 597. The second-order valence-electron chi connectivity index (χ2n) is 4.56. The average Bonchev–Trinajstić information content (AvgIpc) is 2.53. The Morgan fingerprint density at radius 2 is 1.86 bits per heavy atom. The number of rotatable bonds is 7. The zero-order valence-electron chi connectivity index (χ0n) is 12.6. The van der Waals surface area contributed by atoms with Crippen LogP contribution in [0.1, 0.15) is 6.92 Å². The number of benzene rings is 1. The number of carbonyl (C=O) groups is 1. The third-order valence-corrected chi connectivity index (χ3v) is 2.83. The number of pyridine rings is 1. The number of aromatic nitrogens is 1. The topological polar surface area (TPSA) is 72.5 Å². The maximum atomic E-state index is 10.9. The largest absolute Gasteiger partial charge is 0.497 e. The molecule has 6 heteroatoms. The number of nitrogens with zero attached hydrogens (tertiary/aromatic N) is 1. The van der Waals surface area contributed by atoms with Gasteiger partial charge in [0, 0.05) is 13.5 Å². The summed E-state index contributed by atoms with van der Waals surface area (Å²) >= 11 is 0. The minimum absolute atomic E-state index is 0.138. The molecule has 2 rings (SSSR count). The molecule has 2 aromatic rings. The number of amides is 1. The van der Waals surface area contributed by atoms with Crippen LogP contribution < -0.4 is 20.1 Å². The lowest BCUT2D eigenvalue weighted by Crippen LogP contribution is -2.12. The Hall–Kier alpha value is -2.76. The Morgan fingerprint density at radius 3 is 2.45 bits per heavy atom. The van der Waals surface area contributed by atoms with E-state index in [-0.39, 0.29) is 5.91 Å².